The van der Waals surface area contributed by atoms with Crippen LogP contribution in [0.25, 0.3) is 12.2 Å². The Morgan fingerprint density at radius 2 is 2.12 bits per heavy atom. The van der Waals surface area contributed by atoms with Crippen LogP contribution in [-0.4, -0.2) is 32.9 Å². The SMILES string of the molecule is Cc1ccccc1/C=C/c1nc(SCC(=O)N[C@H]2CCCC[C@H]2C)n[nH]1. The number of thioether (sulfide) groups is 1. The lowest BCUT2D eigenvalue weighted by Crippen LogP contribution is -2.41. The van der Waals surface area contributed by atoms with Crippen molar-refractivity contribution >= 4 is 29.8 Å². The topological polar surface area (TPSA) is 70.7 Å². The van der Waals surface area contributed by atoms with Crippen molar-refractivity contribution in [2.75, 3.05) is 5.75 Å². The number of hydrogen-bond acceptors (Lipinski definition) is 4. The first kappa shape index (κ1) is 18.7. The monoisotopic (exact) mass is 370 g/mol. The summed E-state index contributed by atoms with van der Waals surface area (Å²) in [4.78, 5) is 16.6. The number of aromatic nitrogens is 3. The van der Waals surface area contributed by atoms with E-state index in [1.807, 2.05) is 24.3 Å². The van der Waals surface area contributed by atoms with Gasteiger partial charge in [-0.2, -0.15) is 0 Å². The molecule has 0 saturated heterocycles. The Kier molecular flexibility index (Phi) is 6.50. The molecule has 138 valence electrons. The summed E-state index contributed by atoms with van der Waals surface area (Å²) in [6, 6.07) is 8.49. The molecular formula is C20H26N4OS. The molecular weight excluding hydrogens is 344 g/mol. The van der Waals surface area contributed by atoms with Gasteiger partial charge in [0.2, 0.25) is 11.1 Å². The van der Waals surface area contributed by atoms with Crippen molar-refractivity contribution in [1.82, 2.24) is 20.5 Å². The quantitative estimate of drug-likeness (QED) is 0.752. The van der Waals surface area contributed by atoms with Crippen LogP contribution in [0.4, 0.5) is 0 Å². The van der Waals surface area contributed by atoms with E-state index in [-0.39, 0.29) is 5.91 Å². The third-order valence-corrected chi connectivity index (χ3v) is 5.73. The highest BCUT2D eigenvalue weighted by atomic mass is 32.2. The molecule has 0 radical (unpaired) electrons. The molecule has 0 aliphatic heterocycles. The molecule has 1 aromatic heterocycles. The Hall–Kier alpha value is -2.08. The Bertz CT molecular complexity index is 771. The second kappa shape index (κ2) is 9.03. The van der Waals surface area contributed by atoms with Gasteiger partial charge in [-0.1, -0.05) is 61.9 Å². The van der Waals surface area contributed by atoms with E-state index in [1.54, 1.807) is 0 Å². The summed E-state index contributed by atoms with van der Waals surface area (Å²) < 4.78 is 0. The molecule has 5 nitrogen and oxygen atoms in total. The normalized spacial score (nSPS) is 20.4. The number of nitrogens with one attached hydrogen (secondary N) is 2. The van der Waals surface area contributed by atoms with Crippen molar-refractivity contribution in [3.63, 3.8) is 0 Å². The van der Waals surface area contributed by atoms with Gasteiger partial charge in [0.15, 0.2) is 0 Å². The maximum absolute atomic E-state index is 12.2. The molecule has 26 heavy (non-hydrogen) atoms. The highest BCUT2D eigenvalue weighted by Crippen LogP contribution is 2.24. The van der Waals surface area contributed by atoms with E-state index in [4.69, 9.17) is 0 Å². The minimum absolute atomic E-state index is 0.0653. The summed E-state index contributed by atoms with van der Waals surface area (Å²) in [7, 11) is 0. The molecule has 2 atom stereocenters. The van der Waals surface area contributed by atoms with Gasteiger partial charge in [0.25, 0.3) is 0 Å². The van der Waals surface area contributed by atoms with E-state index in [1.165, 1.54) is 36.6 Å². The van der Waals surface area contributed by atoms with E-state index >= 15 is 0 Å². The smallest absolute Gasteiger partial charge is 0.230 e. The lowest BCUT2D eigenvalue weighted by atomic mass is 9.86. The number of hydrogen-bond donors (Lipinski definition) is 2. The molecule has 1 heterocycles. The Labute approximate surface area is 159 Å². The predicted octanol–water partition coefficient (Wildman–Crippen LogP) is 4.07. The molecule has 1 saturated carbocycles. The standard InChI is InChI=1S/C20H26N4OS/c1-14-7-3-5-9-16(14)11-12-18-22-20(24-23-18)26-13-19(25)21-17-10-6-4-8-15(17)2/h3,5,7,9,11-12,15,17H,4,6,8,10,13H2,1-2H3,(H,21,25)(H,22,23,24)/b12-11+/t15-,17+/m1/s1. The van der Waals surface area contributed by atoms with E-state index < -0.39 is 0 Å². The van der Waals surface area contributed by atoms with Gasteiger partial charge >= 0.3 is 0 Å². The molecule has 3 rings (SSSR count). The summed E-state index contributed by atoms with van der Waals surface area (Å²) in [6.07, 6.45) is 8.70. The van der Waals surface area contributed by atoms with Crippen molar-refractivity contribution in [2.24, 2.45) is 5.92 Å². The molecule has 0 bridgehead atoms. The van der Waals surface area contributed by atoms with Crippen LogP contribution in [0.15, 0.2) is 29.4 Å². The first-order chi connectivity index (χ1) is 12.6. The van der Waals surface area contributed by atoms with Gasteiger partial charge in [-0.25, -0.2) is 4.98 Å². The minimum atomic E-state index is 0.0653. The van der Waals surface area contributed by atoms with Crippen LogP contribution < -0.4 is 5.32 Å². The first-order valence-electron chi connectivity index (χ1n) is 9.20. The number of aryl methyl sites for hydroxylation is 1. The van der Waals surface area contributed by atoms with Gasteiger partial charge in [0.05, 0.1) is 5.75 Å². The fourth-order valence-electron chi connectivity index (χ4n) is 3.25. The number of carbonyl (C=O) groups is 1. The molecule has 2 aromatic rings. The van der Waals surface area contributed by atoms with Gasteiger partial charge in [0, 0.05) is 6.04 Å². The number of amides is 1. The number of H-pyrrole nitrogens is 1. The second-order valence-corrected chi connectivity index (χ2v) is 7.86. The zero-order valence-electron chi connectivity index (χ0n) is 15.4. The average molecular weight is 371 g/mol. The highest BCUT2D eigenvalue weighted by molar-refractivity contribution is 7.99. The number of nitrogens with zero attached hydrogens (tertiary/aromatic N) is 2. The molecule has 1 aromatic carbocycles. The van der Waals surface area contributed by atoms with Crippen LogP contribution in [0, 0.1) is 12.8 Å². The van der Waals surface area contributed by atoms with Gasteiger partial charge in [-0.3, -0.25) is 9.89 Å². The molecule has 1 aliphatic rings. The van der Waals surface area contributed by atoms with Crippen molar-refractivity contribution in [1.29, 1.82) is 0 Å². The molecule has 0 spiro atoms. The molecule has 1 amide bonds. The van der Waals surface area contributed by atoms with E-state index in [9.17, 15) is 4.79 Å². The first-order valence-corrected chi connectivity index (χ1v) is 10.2. The van der Waals surface area contributed by atoms with E-state index in [2.05, 4.69) is 46.5 Å². The summed E-state index contributed by atoms with van der Waals surface area (Å²) in [5, 5.41) is 10.8. The predicted molar refractivity (Wildman–Crippen MR) is 107 cm³/mol. The molecule has 2 N–H and O–H groups in total. The Morgan fingerprint density at radius 3 is 2.92 bits per heavy atom. The summed E-state index contributed by atoms with van der Waals surface area (Å²) in [5.41, 5.74) is 2.37. The lowest BCUT2D eigenvalue weighted by molar-refractivity contribution is -0.119. The van der Waals surface area contributed by atoms with Gasteiger partial charge in [-0.05, 0) is 42.9 Å². The van der Waals surface area contributed by atoms with Crippen molar-refractivity contribution in [3.8, 4) is 0 Å². The summed E-state index contributed by atoms with van der Waals surface area (Å²) in [6.45, 7) is 4.30. The van der Waals surface area contributed by atoms with Crippen LogP contribution in [-0.2, 0) is 4.79 Å². The fraction of sp³-hybridized carbons (Fsp3) is 0.450. The third kappa shape index (κ3) is 5.21. The number of benzene rings is 1. The van der Waals surface area contributed by atoms with Crippen LogP contribution in [0.2, 0.25) is 0 Å². The Morgan fingerprint density at radius 1 is 1.31 bits per heavy atom. The third-order valence-electron chi connectivity index (χ3n) is 4.88. The van der Waals surface area contributed by atoms with Crippen molar-refractivity contribution in [2.45, 2.75) is 50.7 Å². The molecule has 1 fully saturated rings. The molecule has 0 unspecified atom stereocenters. The summed E-state index contributed by atoms with van der Waals surface area (Å²) in [5.74, 6) is 1.68. The van der Waals surface area contributed by atoms with Crippen LogP contribution >= 0.6 is 11.8 Å². The number of carbonyl (C=O) groups excluding carboxylic acids is 1. The molecule has 6 heteroatoms. The number of rotatable bonds is 6. The van der Waals surface area contributed by atoms with E-state index in [0.717, 1.165) is 12.0 Å². The zero-order chi connectivity index (χ0) is 18.4. The van der Waals surface area contributed by atoms with Crippen LogP contribution in [0.5, 0.6) is 0 Å². The molecule has 1 aliphatic carbocycles. The lowest BCUT2D eigenvalue weighted by Gasteiger charge is -2.29. The largest absolute Gasteiger partial charge is 0.352 e. The fourth-order valence-corrected chi connectivity index (χ4v) is 3.87. The van der Waals surface area contributed by atoms with Gasteiger partial charge in [-0.15, -0.1) is 5.10 Å². The second-order valence-electron chi connectivity index (χ2n) is 6.92. The number of aromatic amines is 1. The van der Waals surface area contributed by atoms with E-state index in [0.29, 0.717) is 28.7 Å². The average Bonchev–Trinajstić information content (AvgIpc) is 3.09. The van der Waals surface area contributed by atoms with Crippen molar-refractivity contribution < 1.29 is 4.79 Å². The Balaban J connectivity index is 1.49. The minimum Gasteiger partial charge on any atom is -0.352 e. The van der Waals surface area contributed by atoms with Crippen molar-refractivity contribution in [3.05, 3.63) is 41.2 Å². The van der Waals surface area contributed by atoms with Gasteiger partial charge in [0.1, 0.15) is 5.82 Å². The zero-order valence-corrected chi connectivity index (χ0v) is 16.2. The summed E-state index contributed by atoms with van der Waals surface area (Å²) >= 11 is 1.36. The van der Waals surface area contributed by atoms with Gasteiger partial charge < -0.3 is 5.32 Å². The van der Waals surface area contributed by atoms with Crippen LogP contribution in [0.1, 0.15) is 49.6 Å². The van der Waals surface area contributed by atoms with Crippen LogP contribution in [0.3, 0.4) is 0 Å². The maximum Gasteiger partial charge on any atom is 0.230 e. The highest BCUT2D eigenvalue weighted by Gasteiger charge is 2.22. The maximum atomic E-state index is 12.2.